The van der Waals surface area contributed by atoms with Gasteiger partial charge in [-0.05, 0) is 42.3 Å². The van der Waals surface area contributed by atoms with Crippen LogP contribution in [-0.4, -0.2) is 25.4 Å². The molecular formula is C21H24FNO4. The van der Waals surface area contributed by atoms with Crippen LogP contribution in [0.5, 0.6) is 5.75 Å². The molecule has 0 bridgehead atoms. The molecule has 144 valence electrons. The summed E-state index contributed by atoms with van der Waals surface area (Å²) in [7, 11) is 1.50. The lowest BCUT2D eigenvalue weighted by atomic mass is 10.0. The van der Waals surface area contributed by atoms with Crippen molar-refractivity contribution in [3.63, 3.8) is 0 Å². The van der Waals surface area contributed by atoms with Gasteiger partial charge in [-0.15, -0.1) is 0 Å². The van der Waals surface area contributed by atoms with Gasteiger partial charge in [0.2, 0.25) is 5.91 Å². The van der Waals surface area contributed by atoms with Crippen molar-refractivity contribution in [2.45, 2.75) is 26.5 Å². The van der Waals surface area contributed by atoms with Gasteiger partial charge in [-0.1, -0.05) is 24.3 Å². The summed E-state index contributed by atoms with van der Waals surface area (Å²) in [5, 5.41) is 2.82. The third kappa shape index (κ3) is 7.19. The summed E-state index contributed by atoms with van der Waals surface area (Å²) in [6.45, 7) is 2.29. The van der Waals surface area contributed by atoms with E-state index in [0.717, 1.165) is 11.1 Å². The summed E-state index contributed by atoms with van der Waals surface area (Å²) in [6, 6.07) is 13.5. The van der Waals surface area contributed by atoms with Crippen molar-refractivity contribution in [1.82, 2.24) is 5.32 Å². The molecule has 0 aliphatic rings. The van der Waals surface area contributed by atoms with Crippen LogP contribution in [0.3, 0.4) is 0 Å². The first-order chi connectivity index (χ1) is 13.0. The van der Waals surface area contributed by atoms with E-state index in [1.807, 2.05) is 12.1 Å². The van der Waals surface area contributed by atoms with Crippen LogP contribution in [0, 0.1) is 11.7 Å². The topological polar surface area (TPSA) is 64.6 Å². The Morgan fingerprint density at radius 2 is 1.85 bits per heavy atom. The molecule has 0 unspecified atom stereocenters. The Bertz CT molecular complexity index is 761. The molecule has 2 rings (SSSR count). The zero-order valence-corrected chi connectivity index (χ0v) is 15.5. The third-order valence-corrected chi connectivity index (χ3v) is 3.96. The van der Waals surface area contributed by atoms with Gasteiger partial charge >= 0.3 is 0 Å². The van der Waals surface area contributed by atoms with Crippen molar-refractivity contribution in [2.24, 2.45) is 5.92 Å². The van der Waals surface area contributed by atoms with Gasteiger partial charge in [0.05, 0.1) is 12.5 Å². The molecule has 0 saturated heterocycles. The number of carbonyl (C=O) groups excluding carboxylic acids is 2. The van der Waals surface area contributed by atoms with Crippen molar-refractivity contribution in [1.29, 1.82) is 0 Å². The van der Waals surface area contributed by atoms with Crippen LogP contribution in [0.2, 0.25) is 0 Å². The molecule has 0 aliphatic carbocycles. The number of ether oxygens (including phenoxy) is 2. The molecule has 0 heterocycles. The first-order valence-corrected chi connectivity index (χ1v) is 8.70. The normalized spacial score (nSPS) is 11.7. The highest BCUT2D eigenvalue weighted by atomic mass is 19.1. The molecule has 6 heteroatoms. The molecule has 0 spiro atoms. The molecule has 0 aliphatic heterocycles. The number of methoxy groups -OCH3 is 1. The van der Waals surface area contributed by atoms with Crippen molar-refractivity contribution < 1.29 is 23.5 Å². The lowest BCUT2D eigenvalue weighted by molar-refractivity contribution is -0.130. The number of halogens is 1. The standard InChI is InChI=1S/C21H24FNO4/c1-15(24)10-18(14-26-2)21(25)23-12-16-6-8-20(9-7-16)27-13-17-4-3-5-19(22)11-17/h3-9,11,18H,10,12-14H2,1-2H3,(H,23,25)/t18-/m0/s1. The highest BCUT2D eigenvalue weighted by Gasteiger charge is 2.19. The fraction of sp³-hybridized carbons (Fsp3) is 0.333. The van der Waals surface area contributed by atoms with Crippen LogP contribution in [-0.2, 0) is 27.5 Å². The molecule has 0 radical (unpaired) electrons. The molecule has 5 nitrogen and oxygen atoms in total. The lowest BCUT2D eigenvalue weighted by Crippen LogP contribution is -2.33. The number of rotatable bonds is 10. The fourth-order valence-electron chi connectivity index (χ4n) is 2.61. The quantitative estimate of drug-likeness (QED) is 0.694. The van der Waals surface area contributed by atoms with E-state index in [0.29, 0.717) is 12.3 Å². The lowest BCUT2D eigenvalue weighted by Gasteiger charge is -2.15. The predicted molar refractivity (Wildman–Crippen MR) is 99.7 cm³/mol. The van der Waals surface area contributed by atoms with Gasteiger partial charge in [-0.25, -0.2) is 4.39 Å². The highest BCUT2D eigenvalue weighted by Crippen LogP contribution is 2.15. The molecule has 1 N–H and O–H groups in total. The number of nitrogens with one attached hydrogen (secondary N) is 1. The summed E-state index contributed by atoms with van der Waals surface area (Å²) < 4.78 is 23.8. The number of hydrogen-bond donors (Lipinski definition) is 1. The second-order valence-electron chi connectivity index (χ2n) is 6.34. The first-order valence-electron chi connectivity index (χ1n) is 8.70. The van der Waals surface area contributed by atoms with Crippen LogP contribution in [0.4, 0.5) is 4.39 Å². The van der Waals surface area contributed by atoms with Gasteiger partial charge < -0.3 is 19.6 Å². The Balaban J connectivity index is 1.84. The minimum Gasteiger partial charge on any atom is -0.489 e. The van der Waals surface area contributed by atoms with E-state index in [-0.39, 0.29) is 37.1 Å². The number of ketones is 1. The van der Waals surface area contributed by atoms with Crippen LogP contribution in [0.25, 0.3) is 0 Å². The van der Waals surface area contributed by atoms with E-state index in [9.17, 15) is 14.0 Å². The Labute approximate surface area is 158 Å². The largest absolute Gasteiger partial charge is 0.489 e. The molecule has 2 aromatic rings. The number of benzene rings is 2. The van der Waals surface area contributed by atoms with E-state index < -0.39 is 5.92 Å². The number of carbonyl (C=O) groups is 2. The number of Topliss-reactive ketones (excluding diaryl/α,β-unsaturated/α-hetero) is 1. The maximum Gasteiger partial charge on any atom is 0.226 e. The van der Waals surface area contributed by atoms with Crippen LogP contribution in [0.15, 0.2) is 48.5 Å². The fourth-order valence-corrected chi connectivity index (χ4v) is 2.61. The molecule has 1 amide bonds. The summed E-state index contributed by atoms with van der Waals surface area (Å²) in [5.41, 5.74) is 1.65. The number of amides is 1. The number of hydrogen-bond acceptors (Lipinski definition) is 4. The van der Waals surface area contributed by atoms with E-state index in [1.54, 1.807) is 24.3 Å². The first kappa shape index (κ1) is 20.6. The van der Waals surface area contributed by atoms with Crippen molar-refractivity contribution >= 4 is 11.7 Å². The van der Waals surface area contributed by atoms with Crippen LogP contribution in [0.1, 0.15) is 24.5 Å². The predicted octanol–water partition coefficient (Wildman–Crippen LogP) is 3.26. The van der Waals surface area contributed by atoms with Gasteiger partial charge in [-0.2, -0.15) is 0 Å². The molecule has 27 heavy (non-hydrogen) atoms. The summed E-state index contributed by atoms with van der Waals surface area (Å²) in [4.78, 5) is 23.5. The molecule has 0 aromatic heterocycles. The highest BCUT2D eigenvalue weighted by molar-refractivity contribution is 5.85. The Morgan fingerprint density at radius 3 is 2.48 bits per heavy atom. The minimum atomic E-state index is -0.485. The minimum absolute atomic E-state index is 0.0491. The van der Waals surface area contributed by atoms with Gasteiger partial charge in [-0.3, -0.25) is 4.79 Å². The molecular weight excluding hydrogens is 349 g/mol. The molecule has 1 atom stereocenters. The second-order valence-corrected chi connectivity index (χ2v) is 6.34. The average Bonchev–Trinajstić information content (AvgIpc) is 2.64. The van der Waals surface area contributed by atoms with E-state index in [2.05, 4.69) is 5.32 Å². The summed E-state index contributed by atoms with van der Waals surface area (Å²) in [6.07, 6.45) is 0.159. The summed E-state index contributed by atoms with van der Waals surface area (Å²) >= 11 is 0. The van der Waals surface area contributed by atoms with Crippen LogP contribution >= 0.6 is 0 Å². The van der Waals surface area contributed by atoms with Crippen molar-refractivity contribution in [2.75, 3.05) is 13.7 Å². The van der Waals surface area contributed by atoms with E-state index >= 15 is 0 Å². The summed E-state index contributed by atoms with van der Waals surface area (Å²) in [5.74, 6) is -0.381. The molecule has 0 fully saturated rings. The molecule has 0 saturated carbocycles. The van der Waals surface area contributed by atoms with E-state index in [4.69, 9.17) is 9.47 Å². The SMILES string of the molecule is COC[C@H](CC(C)=O)C(=O)NCc1ccc(OCc2cccc(F)c2)cc1. The second kappa shape index (κ2) is 10.4. The Morgan fingerprint density at radius 1 is 1.11 bits per heavy atom. The van der Waals surface area contributed by atoms with E-state index in [1.165, 1.54) is 26.2 Å². The zero-order valence-electron chi connectivity index (χ0n) is 15.5. The van der Waals surface area contributed by atoms with Crippen molar-refractivity contribution in [3.8, 4) is 5.75 Å². The third-order valence-electron chi connectivity index (χ3n) is 3.96. The zero-order chi connectivity index (χ0) is 19.6. The van der Waals surface area contributed by atoms with Gasteiger partial charge in [0, 0.05) is 20.1 Å². The van der Waals surface area contributed by atoms with Gasteiger partial charge in [0.1, 0.15) is 24.0 Å². The van der Waals surface area contributed by atoms with Gasteiger partial charge in [0.25, 0.3) is 0 Å². The van der Waals surface area contributed by atoms with Gasteiger partial charge in [0.15, 0.2) is 0 Å². The Kier molecular flexibility index (Phi) is 7.95. The average molecular weight is 373 g/mol. The molecule has 2 aromatic carbocycles. The maximum absolute atomic E-state index is 13.2. The smallest absolute Gasteiger partial charge is 0.226 e. The Hall–Kier alpha value is -2.73. The monoisotopic (exact) mass is 373 g/mol. The maximum atomic E-state index is 13.2. The van der Waals surface area contributed by atoms with Crippen molar-refractivity contribution in [3.05, 3.63) is 65.5 Å². The van der Waals surface area contributed by atoms with Crippen LogP contribution < -0.4 is 10.1 Å².